The summed E-state index contributed by atoms with van der Waals surface area (Å²) in [5.41, 5.74) is 7.47. The number of aromatic amines is 1. The van der Waals surface area contributed by atoms with Crippen molar-refractivity contribution in [3.05, 3.63) is 35.9 Å². The van der Waals surface area contributed by atoms with Crippen molar-refractivity contribution in [2.24, 2.45) is 5.73 Å². The Balaban J connectivity index is 1.89. The van der Waals surface area contributed by atoms with Crippen molar-refractivity contribution in [1.29, 1.82) is 0 Å². The van der Waals surface area contributed by atoms with E-state index in [9.17, 15) is 0 Å². The Morgan fingerprint density at radius 1 is 1.28 bits per heavy atom. The third-order valence-corrected chi connectivity index (χ3v) is 2.71. The van der Waals surface area contributed by atoms with Gasteiger partial charge in [0.15, 0.2) is 5.82 Å². The summed E-state index contributed by atoms with van der Waals surface area (Å²) in [6.45, 7) is 1.13. The molecular formula is C11H13N7. The molecule has 0 atom stereocenters. The van der Waals surface area contributed by atoms with Gasteiger partial charge >= 0.3 is 0 Å². The molecule has 0 fully saturated rings. The van der Waals surface area contributed by atoms with Crippen LogP contribution in [0.2, 0.25) is 0 Å². The van der Waals surface area contributed by atoms with Crippen LogP contribution in [0, 0.1) is 0 Å². The molecule has 3 N–H and O–H groups in total. The highest BCUT2D eigenvalue weighted by atomic mass is 15.5. The number of fused-ring (bicyclic) bond motifs is 1. The minimum Gasteiger partial charge on any atom is -0.342 e. The number of benzene rings is 1. The third-order valence-electron chi connectivity index (χ3n) is 2.71. The Labute approximate surface area is 103 Å². The Morgan fingerprint density at radius 2 is 2.17 bits per heavy atom. The number of nitrogens with zero attached hydrogens (tertiary/aromatic N) is 5. The van der Waals surface area contributed by atoms with Crippen molar-refractivity contribution < 1.29 is 0 Å². The van der Waals surface area contributed by atoms with Gasteiger partial charge in [-0.05, 0) is 22.6 Å². The Kier molecular flexibility index (Phi) is 2.73. The summed E-state index contributed by atoms with van der Waals surface area (Å²) < 4.78 is 1.70. The summed E-state index contributed by atoms with van der Waals surface area (Å²) in [7, 11) is 0. The van der Waals surface area contributed by atoms with E-state index < -0.39 is 0 Å². The lowest BCUT2D eigenvalue weighted by atomic mass is 10.3. The highest BCUT2D eigenvalue weighted by Crippen LogP contribution is 2.12. The van der Waals surface area contributed by atoms with Crippen LogP contribution in [0.15, 0.2) is 24.3 Å². The Hall–Kier alpha value is -2.28. The average Bonchev–Trinajstić information content (AvgIpc) is 2.97. The fourth-order valence-corrected chi connectivity index (χ4v) is 1.88. The second-order valence-electron chi connectivity index (χ2n) is 3.98. The first kappa shape index (κ1) is 10.8. The van der Waals surface area contributed by atoms with Gasteiger partial charge in [0.2, 0.25) is 0 Å². The van der Waals surface area contributed by atoms with Crippen molar-refractivity contribution >= 4 is 11.0 Å². The number of nitrogens with two attached hydrogens (primary N) is 1. The average molecular weight is 243 g/mol. The second-order valence-corrected chi connectivity index (χ2v) is 3.98. The van der Waals surface area contributed by atoms with Crippen LogP contribution in [0.5, 0.6) is 0 Å². The molecule has 3 aromatic rings. The van der Waals surface area contributed by atoms with Crippen LogP contribution in [0.3, 0.4) is 0 Å². The van der Waals surface area contributed by atoms with Gasteiger partial charge in [-0.2, -0.15) is 0 Å². The molecule has 0 saturated heterocycles. The maximum absolute atomic E-state index is 5.50. The van der Waals surface area contributed by atoms with E-state index in [0.717, 1.165) is 22.7 Å². The standard InChI is InChI=1S/C11H13N7/c12-5-6-18-11(15-16-17-18)7-10-13-8-3-1-2-4-9(8)14-10/h1-4H,5-7,12H2,(H,13,14). The largest absolute Gasteiger partial charge is 0.342 e. The van der Waals surface area contributed by atoms with Crippen LogP contribution in [0.1, 0.15) is 11.6 Å². The fourth-order valence-electron chi connectivity index (χ4n) is 1.88. The highest BCUT2D eigenvalue weighted by Gasteiger charge is 2.09. The van der Waals surface area contributed by atoms with Gasteiger partial charge in [-0.15, -0.1) is 5.10 Å². The first-order chi connectivity index (χ1) is 8.86. The van der Waals surface area contributed by atoms with E-state index in [2.05, 4.69) is 25.5 Å². The van der Waals surface area contributed by atoms with Gasteiger partial charge in [0.1, 0.15) is 5.82 Å². The second kappa shape index (κ2) is 4.53. The molecule has 18 heavy (non-hydrogen) atoms. The number of nitrogens with one attached hydrogen (secondary N) is 1. The first-order valence-corrected chi connectivity index (χ1v) is 5.75. The predicted molar refractivity (Wildman–Crippen MR) is 65.8 cm³/mol. The quantitative estimate of drug-likeness (QED) is 0.677. The molecule has 3 rings (SSSR count). The SMILES string of the molecule is NCCn1nnnc1Cc1nc2ccccc2[nH]1. The van der Waals surface area contributed by atoms with E-state index in [1.54, 1.807) is 4.68 Å². The van der Waals surface area contributed by atoms with Gasteiger partial charge < -0.3 is 10.7 Å². The number of imidazole rings is 1. The van der Waals surface area contributed by atoms with E-state index in [0.29, 0.717) is 19.5 Å². The van der Waals surface area contributed by atoms with E-state index >= 15 is 0 Å². The fraction of sp³-hybridized carbons (Fsp3) is 0.273. The summed E-state index contributed by atoms with van der Waals surface area (Å²) in [5, 5.41) is 11.5. The van der Waals surface area contributed by atoms with Gasteiger partial charge in [0, 0.05) is 6.54 Å². The van der Waals surface area contributed by atoms with Crippen LogP contribution >= 0.6 is 0 Å². The molecule has 0 bridgehead atoms. The summed E-state index contributed by atoms with van der Waals surface area (Å²) in [5.74, 6) is 1.61. The molecule has 7 heteroatoms. The predicted octanol–water partition coefficient (Wildman–Crippen LogP) is 0.0989. The molecule has 0 saturated carbocycles. The molecule has 2 heterocycles. The molecule has 0 radical (unpaired) electrons. The molecular weight excluding hydrogens is 230 g/mol. The van der Waals surface area contributed by atoms with E-state index in [-0.39, 0.29) is 0 Å². The number of aromatic nitrogens is 6. The molecule has 0 spiro atoms. The van der Waals surface area contributed by atoms with Crippen LogP contribution < -0.4 is 5.73 Å². The summed E-state index contributed by atoms with van der Waals surface area (Å²) in [6, 6.07) is 7.90. The van der Waals surface area contributed by atoms with Crippen LogP contribution in [-0.4, -0.2) is 36.7 Å². The zero-order chi connectivity index (χ0) is 12.4. The molecule has 1 aromatic carbocycles. The minimum atomic E-state index is 0.512. The molecule has 7 nitrogen and oxygen atoms in total. The van der Waals surface area contributed by atoms with Crippen LogP contribution in [0.25, 0.3) is 11.0 Å². The normalized spacial score (nSPS) is 11.2. The summed E-state index contributed by atoms with van der Waals surface area (Å²) in [6.07, 6.45) is 0.571. The lowest BCUT2D eigenvalue weighted by Crippen LogP contribution is -2.14. The molecule has 2 aromatic heterocycles. The minimum absolute atomic E-state index is 0.512. The van der Waals surface area contributed by atoms with Crippen LogP contribution in [-0.2, 0) is 13.0 Å². The van der Waals surface area contributed by atoms with Gasteiger partial charge in [0.25, 0.3) is 0 Å². The zero-order valence-electron chi connectivity index (χ0n) is 9.74. The number of rotatable bonds is 4. The molecule has 0 aliphatic carbocycles. The lowest BCUT2D eigenvalue weighted by molar-refractivity contribution is 0.576. The zero-order valence-corrected chi connectivity index (χ0v) is 9.74. The van der Waals surface area contributed by atoms with Gasteiger partial charge in [0.05, 0.1) is 24.0 Å². The first-order valence-electron chi connectivity index (χ1n) is 5.75. The number of hydrogen-bond acceptors (Lipinski definition) is 5. The van der Waals surface area contributed by atoms with Crippen LogP contribution in [0.4, 0.5) is 0 Å². The lowest BCUT2D eigenvalue weighted by Gasteiger charge is -2.00. The monoisotopic (exact) mass is 243 g/mol. The summed E-state index contributed by atoms with van der Waals surface area (Å²) in [4.78, 5) is 7.75. The molecule has 0 aliphatic rings. The Morgan fingerprint density at radius 3 is 3.00 bits per heavy atom. The summed E-state index contributed by atoms with van der Waals surface area (Å²) >= 11 is 0. The van der Waals surface area contributed by atoms with E-state index in [4.69, 9.17) is 5.73 Å². The van der Waals surface area contributed by atoms with Gasteiger partial charge in [-0.25, -0.2) is 9.67 Å². The van der Waals surface area contributed by atoms with Crippen molar-refractivity contribution in [3.8, 4) is 0 Å². The number of para-hydroxylation sites is 2. The maximum atomic E-state index is 5.50. The number of H-pyrrole nitrogens is 1. The highest BCUT2D eigenvalue weighted by molar-refractivity contribution is 5.74. The smallest absolute Gasteiger partial charge is 0.158 e. The number of tetrazole rings is 1. The van der Waals surface area contributed by atoms with Crippen molar-refractivity contribution in [1.82, 2.24) is 30.2 Å². The van der Waals surface area contributed by atoms with Gasteiger partial charge in [-0.3, -0.25) is 0 Å². The number of hydrogen-bond donors (Lipinski definition) is 2. The van der Waals surface area contributed by atoms with E-state index in [1.165, 1.54) is 0 Å². The van der Waals surface area contributed by atoms with E-state index in [1.807, 2.05) is 24.3 Å². The molecule has 0 unspecified atom stereocenters. The van der Waals surface area contributed by atoms with Crippen molar-refractivity contribution in [3.63, 3.8) is 0 Å². The van der Waals surface area contributed by atoms with Crippen molar-refractivity contribution in [2.75, 3.05) is 6.54 Å². The third kappa shape index (κ3) is 1.95. The van der Waals surface area contributed by atoms with Gasteiger partial charge in [-0.1, -0.05) is 12.1 Å². The maximum Gasteiger partial charge on any atom is 0.158 e. The van der Waals surface area contributed by atoms with Crippen molar-refractivity contribution in [2.45, 2.75) is 13.0 Å². The topological polar surface area (TPSA) is 98.3 Å². The molecule has 92 valence electrons. The molecule has 0 amide bonds. The Bertz CT molecular complexity index is 621. The molecule has 0 aliphatic heterocycles.